The standard InChI is InChI=1S/C13H15N3OS/c1-8-3-4-15-6-10(8)7-16-13(17)12-5-11(14)9(2)18-12/h3-6H,7,14H2,1-2H3,(H,16,17). The number of nitrogens with two attached hydrogens (primary N) is 1. The van der Waals surface area contributed by atoms with Crippen LogP contribution in [-0.4, -0.2) is 10.9 Å². The number of carbonyl (C=O) groups excluding carboxylic acids is 1. The number of aromatic nitrogens is 1. The first-order chi connectivity index (χ1) is 8.58. The van der Waals surface area contributed by atoms with E-state index in [4.69, 9.17) is 5.73 Å². The van der Waals surface area contributed by atoms with Crippen molar-refractivity contribution in [2.45, 2.75) is 20.4 Å². The second-order valence-electron chi connectivity index (χ2n) is 4.11. The van der Waals surface area contributed by atoms with Crippen LogP contribution in [0.5, 0.6) is 0 Å². The summed E-state index contributed by atoms with van der Waals surface area (Å²) in [5, 5.41) is 2.87. The summed E-state index contributed by atoms with van der Waals surface area (Å²) in [4.78, 5) is 17.6. The maximum atomic E-state index is 11.9. The normalized spacial score (nSPS) is 10.3. The lowest BCUT2D eigenvalue weighted by molar-refractivity contribution is 0.0955. The third kappa shape index (κ3) is 2.68. The predicted molar refractivity (Wildman–Crippen MR) is 73.6 cm³/mol. The Morgan fingerprint density at radius 1 is 1.50 bits per heavy atom. The van der Waals surface area contributed by atoms with Gasteiger partial charge < -0.3 is 11.1 Å². The molecule has 0 saturated heterocycles. The summed E-state index contributed by atoms with van der Waals surface area (Å²) in [6, 6.07) is 3.64. The molecule has 4 nitrogen and oxygen atoms in total. The van der Waals surface area contributed by atoms with Crippen molar-refractivity contribution in [1.82, 2.24) is 10.3 Å². The maximum Gasteiger partial charge on any atom is 0.261 e. The molecule has 1 amide bonds. The van der Waals surface area contributed by atoms with Crippen molar-refractivity contribution in [3.05, 3.63) is 45.4 Å². The number of pyridine rings is 1. The molecular weight excluding hydrogens is 246 g/mol. The number of aryl methyl sites for hydroxylation is 2. The van der Waals surface area contributed by atoms with Crippen LogP contribution in [0.25, 0.3) is 0 Å². The van der Waals surface area contributed by atoms with E-state index in [9.17, 15) is 4.79 Å². The van der Waals surface area contributed by atoms with Crippen molar-refractivity contribution in [3.8, 4) is 0 Å². The van der Waals surface area contributed by atoms with E-state index in [-0.39, 0.29) is 5.91 Å². The Kier molecular flexibility index (Phi) is 3.62. The predicted octanol–water partition coefficient (Wildman–Crippen LogP) is 2.27. The molecule has 0 spiro atoms. The van der Waals surface area contributed by atoms with Gasteiger partial charge in [0.05, 0.1) is 4.88 Å². The monoisotopic (exact) mass is 261 g/mol. The fraction of sp³-hybridized carbons (Fsp3) is 0.231. The van der Waals surface area contributed by atoms with Crippen LogP contribution in [0.15, 0.2) is 24.5 Å². The van der Waals surface area contributed by atoms with Gasteiger partial charge in [-0.25, -0.2) is 0 Å². The number of rotatable bonds is 3. The molecule has 0 aliphatic heterocycles. The number of thiophene rings is 1. The van der Waals surface area contributed by atoms with Gasteiger partial charge in [-0.15, -0.1) is 11.3 Å². The number of anilines is 1. The molecule has 0 aliphatic rings. The van der Waals surface area contributed by atoms with Gasteiger partial charge >= 0.3 is 0 Å². The Hall–Kier alpha value is -1.88. The molecule has 2 rings (SSSR count). The summed E-state index contributed by atoms with van der Waals surface area (Å²) >= 11 is 1.41. The van der Waals surface area contributed by atoms with Gasteiger partial charge in [0.25, 0.3) is 5.91 Å². The number of nitrogens with one attached hydrogen (secondary N) is 1. The van der Waals surface area contributed by atoms with Gasteiger partial charge in [0.2, 0.25) is 0 Å². The van der Waals surface area contributed by atoms with Crippen LogP contribution in [0, 0.1) is 13.8 Å². The molecule has 0 radical (unpaired) electrons. The minimum Gasteiger partial charge on any atom is -0.398 e. The molecule has 0 aliphatic carbocycles. The quantitative estimate of drug-likeness (QED) is 0.890. The maximum absolute atomic E-state index is 11.9. The zero-order valence-electron chi connectivity index (χ0n) is 10.4. The van der Waals surface area contributed by atoms with Crippen LogP contribution in [-0.2, 0) is 6.54 Å². The SMILES string of the molecule is Cc1ccncc1CNC(=O)c1cc(N)c(C)s1. The summed E-state index contributed by atoms with van der Waals surface area (Å²) in [7, 11) is 0. The highest BCUT2D eigenvalue weighted by Gasteiger charge is 2.10. The zero-order chi connectivity index (χ0) is 13.1. The van der Waals surface area contributed by atoms with Crippen molar-refractivity contribution in [3.63, 3.8) is 0 Å². The van der Waals surface area contributed by atoms with Crippen LogP contribution in [0.1, 0.15) is 25.7 Å². The summed E-state index contributed by atoms with van der Waals surface area (Å²) < 4.78 is 0. The van der Waals surface area contributed by atoms with E-state index in [0.29, 0.717) is 17.1 Å². The molecule has 18 heavy (non-hydrogen) atoms. The molecule has 94 valence electrons. The van der Waals surface area contributed by atoms with Crippen LogP contribution in [0.4, 0.5) is 5.69 Å². The first kappa shape index (κ1) is 12.6. The lowest BCUT2D eigenvalue weighted by Crippen LogP contribution is -2.22. The largest absolute Gasteiger partial charge is 0.398 e. The minimum atomic E-state index is -0.0944. The lowest BCUT2D eigenvalue weighted by Gasteiger charge is -2.05. The van der Waals surface area contributed by atoms with E-state index in [1.54, 1.807) is 18.5 Å². The van der Waals surface area contributed by atoms with Crippen molar-refractivity contribution >= 4 is 22.9 Å². The van der Waals surface area contributed by atoms with Crippen LogP contribution >= 0.6 is 11.3 Å². The van der Waals surface area contributed by atoms with Gasteiger partial charge in [-0.05, 0) is 37.1 Å². The van der Waals surface area contributed by atoms with Crippen molar-refractivity contribution in [2.24, 2.45) is 0 Å². The molecule has 0 aromatic carbocycles. The first-order valence-electron chi connectivity index (χ1n) is 5.61. The highest BCUT2D eigenvalue weighted by Crippen LogP contribution is 2.23. The van der Waals surface area contributed by atoms with Gasteiger partial charge in [0.1, 0.15) is 0 Å². The molecule has 0 fully saturated rings. The average molecular weight is 261 g/mol. The topological polar surface area (TPSA) is 68.0 Å². The molecule has 5 heteroatoms. The summed E-state index contributed by atoms with van der Waals surface area (Å²) in [5.74, 6) is -0.0944. The van der Waals surface area contributed by atoms with E-state index < -0.39 is 0 Å². The Labute approximate surface area is 110 Å². The molecule has 0 unspecified atom stereocenters. The van der Waals surface area contributed by atoms with Gasteiger partial charge in [0, 0.05) is 29.5 Å². The zero-order valence-corrected chi connectivity index (χ0v) is 11.2. The second kappa shape index (κ2) is 5.18. The fourth-order valence-electron chi connectivity index (χ4n) is 1.55. The molecule has 0 atom stereocenters. The number of nitrogen functional groups attached to an aromatic ring is 1. The number of amides is 1. The van der Waals surface area contributed by atoms with Crippen molar-refractivity contribution in [2.75, 3.05) is 5.73 Å². The Balaban J connectivity index is 2.03. The minimum absolute atomic E-state index is 0.0944. The summed E-state index contributed by atoms with van der Waals surface area (Å²) in [5.41, 5.74) is 8.54. The fourth-order valence-corrected chi connectivity index (χ4v) is 2.41. The van der Waals surface area contributed by atoms with E-state index in [2.05, 4.69) is 10.3 Å². The van der Waals surface area contributed by atoms with Crippen LogP contribution < -0.4 is 11.1 Å². The van der Waals surface area contributed by atoms with E-state index >= 15 is 0 Å². The Morgan fingerprint density at radius 2 is 2.28 bits per heavy atom. The number of hydrogen-bond donors (Lipinski definition) is 2. The average Bonchev–Trinajstić information content (AvgIpc) is 2.68. The first-order valence-corrected chi connectivity index (χ1v) is 6.43. The number of hydrogen-bond acceptors (Lipinski definition) is 4. The van der Waals surface area contributed by atoms with Crippen molar-refractivity contribution < 1.29 is 4.79 Å². The molecule has 0 bridgehead atoms. The third-order valence-corrected chi connectivity index (χ3v) is 3.83. The van der Waals surface area contributed by atoms with E-state index in [1.165, 1.54) is 11.3 Å². The smallest absolute Gasteiger partial charge is 0.261 e. The van der Waals surface area contributed by atoms with E-state index in [0.717, 1.165) is 16.0 Å². The molecule has 3 N–H and O–H groups in total. The molecule has 2 aromatic rings. The number of nitrogens with zero attached hydrogens (tertiary/aromatic N) is 1. The highest BCUT2D eigenvalue weighted by molar-refractivity contribution is 7.14. The van der Waals surface area contributed by atoms with Gasteiger partial charge in [-0.2, -0.15) is 0 Å². The molecule has 2 heterocycles. The summed E-state index contributed by atoms with van der Waals surface area (Å²) in [6.07, 6.45) is 3.51. The van der Waals surface area contributed by atoms with Gasteiger partial charge in [-0.1, -0.05) is 0 Å². The molecule has 2 aromatic heterocycles. The van der Waals surface area contributed by atoms with Gasteiger partial charge in [-0.3, -0.25) is 9.78 Å². The van der Waals surface area contributed by atoms with E-state index in [1.807, 2.05) is 19.9 Å². The second-order valence-corrected chi connectivity index (χ2v) is 5.36. The summed E-state index contributed by atoms with van der Waals surface area (Å²) in [6.45, 7) is 4.38. The lowest BCUT2D eigenvalue weighted by atomic mass is 10.1. The third-order valence-electron chi connectivity index (χ3n) is 2.77. The highest BCUT2D eigenvalue weighted by atomic mass is 32.1. The molecule has 0 saturated carbocycles. The van der Waals surface area contributed by atoms with Crippen LogP contribution in [0.3, 0.4) is 0 Å². The Bertz CT molecular complexity index is 558. The van der Waals surface area contributed by atoms with Crippen LogP contribution in [0.2, 0.25) is 0 Å². The van der Waals surface area contributed by atoms with Gasteiger partial charge in [0.15, 0.2) is 0 Å². The number of carbonyl (C=O) groups is 1. The molecular formula is C13H15N3OS. The van der Waals surface area contributed by atoms with Crippen molar-refractivity contribution in [1.29, 1.82) is 0 Å². The Morgan fingerprint density at radius 3 is 2.89 bits per heavy atom.